The minimum Gasteiger partial charge on any atom is -0.383 e. The zero-order valence-electron chi connectivity index (χ0n) is 11.9. The van der Waals surface area contributed by atoms with Crippen molar-refractivity contribution in [3.05, 3.63) is 18.3 Å². The van der Waals surface area contributed by atoms with Crippen molar-refractivity contribution in [2.75, 3.05) is 17.3 Å². The van der Waals surface area contributed by atoms with E-state index in [4.69, 9.17) is 5.84 Å². The van der Waals surface area contributed by atoms with Gasteiger partial charge in [-0.2, -0.15) is 0 Å². The zero-order valence-corrected chi connectivity index (χ0v) is 11.9. The first-order valence-electron chi connectivity index (χ1n) is 7.98. The Labute approximate surface area is 120 Å². The number of rotatable bonds is 4. The van der Waals surface area contributed by atoms with Gasteiger partial charge in [-0.15, -0.1) is 0 Å². The summed E-state index contributed by atoms with van der Waals surface area (Å²) in [5.41, 5.74) is 3.67. The molecule has 0 saturated heterocycles. The van der Waals surface area contributed by atoms with E-state index in [2.05, 4.69) is 21.8 Å². The van der Waals surface area contributed by atoms with E-state index in [-0.39, 0.29) is 0 Å². The van der Waals surface area contributed by atoms with E-state index in [0.717, 1.165) is 41.8 Å². The maximum absolute atomic E-state index is 5.34. The van der Waals surface area contributed by atoms with E-state index < -0.39 is 0 Å². The van der Waals surface area contributed by atoms with Crippen molar-refractivity contribution in [2.24, 2.45) is 35.4 Å². The molecule has 0 amide bonds. The Bertz CT molecular complexity index is 442. The van der Waals surface area contributed by atoms with Crippen molar-refractivity contribution < 1.29 is 0 Å². The minimum atomic E-state index is 0.713. The van der Waals surface area contributed by atoms with Gasteiger partial charge in [0, 0.05) is 6.54 Å². The van der Waals surface area contributed by atoms with E-state index in [1.807, 2.05) is 12.3 Å². The molecule has 20 heavy (non-hydrogen) atoms. The molecule has 0 aromatic carbocycles. The first-order chi connectivity index (χ1) is 9.81. The molecule has 0 aliphatic heterocycles. The van der Waals surface area contributed by atoms with Gasteiger partial charge in [-0.25, -0.2) is 10.8 Å². The van der Waals surface area contributed by atoms with Crippen LogP contribution in [0.2, 0.25) is 0 Å². The lowest BCUT2D eigenvalue weighted by Gasteiger charge is -2.54. The first-order valence-corrected chi connectivity index (χ1v) is 7.98. The fourth-order valence-electron chi connectivity index (χ4n) is 5.19. The van der Waals surface area contributed by atoms with Gasteiger partial charge in [-0.3, -0.25) is 0 Å². The van der Waals surface area contributed by atoms with Crippen LogP contribution in [-0.2, 0) is 0 Å². The fourth-order valence-corrected chi connectivity index (χ4v) is 5.19. The van der Waals surface area contributed by atoms with Crippen molar-refractivity contribution >= 4 is 11.5 Å². The highest BCUT2D eigenvalue weighted by molar-refractivity contribution is 5.46. The third-order valence-electron chi connectivity index (χ3n) is 5.88. The molecule has 108 valence electrons. The van der Waals surface area contributed by atoms with Crippen molar-refractivity contribution in [1.82, 2.24) is 4.98 Å². The fraction of sp³-hybridized carbons (Fsp3) is 0.688. The third kappa shape index (κ3) is 2.16. The molecule has 0 spiro atoms. The molecule has 4 N–H and O–H groups in total. The molecule has 4 saturated carbocycles. The van der Waals surface area contributed by atoms with Crippen molar-refractivity contribution in [1.29, 1.82) is 0 Å². The molecule has 4 bridgehead atoms. The Hall–Kier alpha value is -1.29. The molecule has 4 nitrogen and oxygen atoms in total. The predicted molar refractivity (Wildman–Crippen MR) is 81.1 cm³/mol. The topological polar surface area (TPSA) is 63.0 Å². The SMILES string of the molecule is NNc1ccc(NCC2C3CC4CC(C3)CC2C4)cn1. The van der Waals surface area contributed by atoms with E-state index in [1.54, 1.807) is 0 Å². The van der Waals surface area contributed by atoms with E-state index in [0.29, 0.717) is 5.82 Å². The van der Waals surface area contributed by atoms with E-state index in [9.17, 15) is 0 Å². The number of anilines is 2. The number of aromatic nitrogens is 1. The summed E-state index contributed by atoms with van der Waals surface area (Å²) in [4.78, 5) is 4.25. The smallest absolute Gasteiger partial charge is 0.140 e. The maximum atomic E-state index is 5.34. The number of pyridine rings is 1. The lowest BCUT2D eigenvalue weighted by molar-refractivity contribution is -0.0305. The summed E-state index contributed by atoms with van der Waals surface area (Å²) in [6, 6.07) is 3.97. The lowest BCUT2D eigenvalue weighted by Crippen LogP contribution is -2.47. The number of nitrogens with one attached hydrogen (secondary N) is 2. The lowest BCUT2D eigenvalue weighted by atomic mass is 9.52. The Morgan fingerprint density at radius 2 is 1.75 bits per heavy atom. The number of hydrazine groups is 1. The number of nitrogen functional groups attached to an aromatic ring is 1. The Kier molecular flexibility index (Phi) is 3.06. The van der Waals surface area contributed by atoms with Crippen LogP contribution in [0, 0.1) is 29.6 Å². The molecule has 4 aliphatic rings. The molecule has 1 heterocycles. The molecule has 5 rings (SSSR count). The van der Waals surface area contributed by atoms with E-state index >= 15 is 0 Å². The quantitative estimate of drug-likeness (QED) is 0.582. The van der Waals surface area contributed by atoms with Crippen LogP contribution in [0.25, 0.3) is 0 Å². The predicted octanol–water partition coefficient (Wildman–Crippen LogP) is 2.85. The molecule has 4 heteroatoms. The van der Waals surface area contributed by atoms with Gasteiger partial charge in [0.05, 0.1) is 11.9 Å². The zero-order chi connectivity index (χ0) is 13.5. The summed E-state index contributed by atoms with van der Waals surface area (Å²) in [7, 11) is 0. The van der Waals surface area contributed by atoms with Crippen LogP contribution in [0.4, 0.5) is 11.5 Å². The standard InChI is InChI=1S/C16H24N4/c17-20-16-2-1-14(8-19-16)18-9-15-12-4-10-3-11(6-12)7-13(15)5-10/h1-2,8,10-13,15,18H,3-7,9,17H2,(H,19,20). The number of nitrogens with zero attached hydrogens (tertiary/aromatic N) is 1. The normalized spacial score (nSPS) is 38.0. The maximum Gasteiger partial charge on any atom is 0.140 e. The van der Waals surface area contributed by atoms with Gasteiger partial charge in [-0.1, -0.05) is 0 Å². The number of hydrogen-bond acceptors (Lipinski definition) is 4. The Morgan fingerprint density at radius 1 is 1.05 bits per heavy atom. The van der Waals surface area contributed by atoms with Crippen LogP contribution in [0.5, 0.6) is 0 Å². The van der Waals surface area contributed by atoms with Crippen LogP contribution >= 0.6 is 0 Å². The summed E-state index contributed by atoms with van der Waals surface area (Å²) in [5.74, 6) is 11.0. The monoisotopic (exact) mass is 272 g/mol. The van der Waals surface area contributed by atoms with Gasteiger partial charge in [-0.05, 0) is 73.8 Å². The van der Waals surface area contributed by atoms with Crippen molar-refractivity contribution in [3.63, 3.8) is 0 Å². The number of hydrogen-bond donors (Lipinski definition) is 3. The van der Waals surface area contributed by atoms with Gasteiger partial charge < -0.3 is 10.7 Å². The number of nitrogens with two attached hydrogens (primary N) is 1. The highest BCUT2D eigenvalue weighted by atomic mass is 15.2. The molecule has 0 unspecified atom stereocenters. The second kappa shape index (κ2) is 4.92. The molecule has 4 aliphatic carbocycles. The van der Waals surface area contributed by atoms with Crippen LogP contribution in [0.3, 0.4) is 0 Å². The summed E-state index contributed by atoms with van der Waals surface area (Å²) < 4.78 is 0. The Balaban J connectivity index is 1.39. The van der Waals surface area contributed by atoms with Crippen LogP contribution in [-0.4, -0.2) is 11.5 Å². The first kappa shape index (κ1) is 12.5. The molecule has 0 atom stereocenters. The highest BCUT2D eigenvalue weighted by Gasteiger charge is 2.47. The summed E-state index contributed by atoms with van der Waals surface area (Å²) >= 11 is 0. The average Bonchev–Trinajstić information content (AvgIpc) is 2.46. The van der Waals surface area contributed by atoms with Gasteiger partial charge in [0.1, 0.15) is 5.82 Å². The van der Waals surface area contributed by atoms with Crippen LogP contribution < -0.4 is 16.6 Å². The third-order valence-corrected chi connectivity index (χ3v) is 5.88. The second-order valence-electron chi connectivity index (χ2n) is 7.05. The summed E-state index contributed by atoms with van der Waals surface area (Å²) in [6.07, 6.45) is 9.37. The van der Waals surface area contributed by atoms with Crippen LogP contribution in [0.15, 0.2) is 18.3 Å². The van der Waals surface area contributed by atoms with Crippen LogP contribution in [0.1, 0.15) is 32.1 Å². The molecular formula is C16H24N4. The van der Waals surface area contributed by atoms with Gasteiger partial charge in [0.2, 0.25) is 0 Å². The van der Waals surface area contributed by atoms with Crippen molar-refractivity contribution in [3.8, 4) is 0 Å². The molecule has 4 fully saturated rings. The van der Waals surface area contributed by atoms with Gasteiger partial charge in [0.15, 0.2) is 0 Å². The van der Waals surface area contributed by atoms with E-state index in [1.165, 1.54) is 32.1 Å². The average molecular weight is 272 g/mol. The summed E-state index contributed by atoms with van der Waals surface area (Å²) in [6.45, 7) is 1.12. The van der Waals surface area contributed by atoms with Crippen molar-refractivity contribution in [2.45, 2.75) is 32.1 Å². The Morgan fingerprint density at radius 3 is 2.30 bits per heavy atom. The minimum absolute atomic E-state index is 0.713. The van der Waals surface area contributed by atoms with Gasteiger partial charge >= 0.3 is 0 Å². The molecular weight excluding hydrogens is 248 g/mol. The summed E-state index contributed by atoms with van der Waals surface area (Å²) in [5, 5.41) is 3.59. The van der Waals surface area contributed by atoms with Gasteiger partial charge in [0.25, 0.3) is 0 Å². The molecule has 1 aromatic heterocycles. The molecule has 1 aromatic rings. The highest BCUT2D eigenvalue weighted by Crippen LogP contribution is 2.56. The molecule has 0 radical (unpaired) electrons. The largest absolute Gasteiger partial charge is 0.383 e. The second-order valence-corrected chi connectivity index (χ2v) is 7.05.